The summed E-state index contributed by atoms with van der Waals surface area (Å²) in [5, 5.41) is 5.75. The average molecular weight is 345 g/mol. The van der Waals surface area contributed by atoms with Gasteiger partial charge in [0.15, 0.2) is 11.5 Å². The number of H-pyrrole nitrogens is 1. The Morgan fingerprint density at radius 1 is 1.24 bits per heavy atom. The van der Waals surface area contributed by atoms with E-state index in [1.54, 1.807) is 18.3 Å². The number of likely N-dealkylation sites (N-methyl/N-ethyl adjacent to an activating group) is 1. The molecule has 134 valence electrons. The Morgan fingerprint density at radius 3 is 2.72 bits per heavy atom. The van der Waals surface area contributed by atoms with Crippen molar-refractivity contribution in [1.82, 2.24) is 30.6 Å². The van der Waals surface area contributed by atoms with Crippen LogP contribution in [-0.2, 0) is 9.59 Å². The number of aromatic nitrogens is 4. The van der Waals surface area contributed by atoms with Gasteiger partial charge in [-0.15, -0.1) is 0 Å². The summed E-state index contributed by atoms with van der Waals surface area (Å²) in [5.41, 5.74) is 1.29. The minimum absolute atomic E-state index is 0.0582. The van der Waals surface area contributed by atoms with E-state index in [0.29, 0.717) is 17.0 Å². The van der Waals surface area contributed by atoms with Crippen molar-refractivity contribution < 1.29 is 9.59 Å². The Hall–Kier alpha value is -2.71. The largest absolute Gasteiger partial charge is 0.359 e. The zero-order chi connectivity index (χ0) is 17.8. The highest BCUT2D eigenvalue weighted by Gasteiger charge is 2.26. The maximum absolute atomic E-state index is 12.3. The zero-order valence-electron chi connectivity index (χ0n) is 14.5. The van der Waals surface area contributed by atoms with Gasteiger partial charge in [0.2, 0.25) is 11.8 Å². The van der Waals surface area contributed by atoms with Crippen molar-refractivity contribution in [2.75, 3.05) is 25.5 Å². The van der Waals surface area contributed by atoms with Crippen molar-refractivity contribution in [1.29, 1.82) is 0 Å². The van der Waals surface area contributed by atoms with Gasteiger partial charge in [-0.3, -0.25) is 9.59 Å². The monoisotopic (exact) mass is 345 g/mol. The van der Waals surface area contributed by atoms with Gasteiger partial charge in [0.1, 0.15) is 11.8 Å². The lowest BCUT2D eigenvalue weighted by atomic mass is 9.85. The molecule has 9 heteroatoms. The topological polar surface area (TPSA) is 116 Å². The second-order valence-corrected chi connectivity index (χ2v) is 6.38. The summed E-state index contributed by atoms with van der Waals surface area (Å²) >= 11 is 0. The molecule has 3 N–H and O–H groups in total. The molecule has 9 nitrogen and oxygen atoms in total. The van der Waals surface area contributed by atoms with E-state index in [1.165, 1.54) is 6.33 Å². The van der Waals surface area contributed by atoms with E-state index in [4.69, 9.17) is 0 Å². The predicted molar refractivity (Wildman–Crippen MR) is 92.9 cm³/mol. The van der Waals surface area contributed by atoms with Crippen molar-refractivity contribution in [3.8, 4) is 0 Å². The van der Waals surface area contributed by atoms with Crippen molar-refractivity contribution in [2.24, 2.45) is 5.92 Å². The fourth-order valence-corrected chi connectivity index (χ4v) is 3.31. The second-order valence-electron chi connectivity index (χ2n) is 6.38. The number of amides is 2. The van der Waals surface area contributed by atoms with Gasteiger partial charge >= 0.3 is 0 Å². The van der Waals surface area contributed by atoms with E-state index in [1.807, 2.05) is 7.05 Å². The Morgan fingerprint density at radius 2 is 2.00 bits per heavy atom. The quantitative estimate of drug-likeness (QED) is 0.713. The molecule has 1 fully saturated rings. The van der Waals surface area contributed by atoms with Gasteiger partial charge in [0.05, 0.1) is 12.9 Å². The minimum Gasteiger partial charge on any atom is -0.359 e. The Balaban J connectivity index is 1.53. The molecule has 2 heterocycles. The summed E-state index contributed by atoms with van der Waals surface area (Å²) in [6, 6.07) is 0.124. The third kappa shape index (κ3) is 3.86. The zero-order valence-corrected chi connectivity index (χ0v) is 14.5. The predicted octanol–water partition coefficient (Wildman–Crippen LogP) is 0.210. The first-order valence-electron chi connectivity index (χ1n) is 8.44. The van der Waals surface area contributed by atoms with E-state index >= 15 is 0 Å². The molecule has 2 aromatic heterocycles. The number of imidazole rings is 1. The fourth-order valence-electron chi connectivity index (χ4n) is 3.31. The summed E-state index contributed by atoms with van der Waals surface area (Å²) in [6.07, 6.45) is 6.26. The molecule has 25 heavy (non-hydrogen) atoms. The van der Waals surface area contributed by atoms with Gasteiger partial charge in [0, 0.05) is 26.1 Å². The third-order valence-corrected chi connectivity index (χ3v) is 4.65. The highest BCUT2D eigenvalue weighted by molar-refractivity contribution is 5.87. The molecule has 0 radical (unpaired) electrons. The van der Waals surface area contributed by atoms with Crippen LogP contribution in [0, 0.1) is 5.92 Å². The van der Waals surface area contributed by atoms with Crippen molar-refractivity contribution in [3.63, 3.8) is 0 Å². The molecular formula is C16H23N7O2. The smallest absolute Gasteiger partial charge is 0.239 e. The van der Waals surface area contributed by atoms with Gasteiger partial charge in [-0.1, -0.05) is 0 Å². The van der Waals surface area contributed by atoms with Crippen LogP contribution in [0.15, 0.2) is 12.7 Å². The summed E-state index contributed by atoms with van der Waals surface area (Å²) in [4.78, 5) is 41.2. The highest BCUT2D eigenvalue weighted by Crippen LogP contribution is 2.24. The number of nitrogens with one attached hydrogen (secondary N) is 3. The molecule has 0 unspecified atom stereocenters. The fraction of sp³-hybridized carbons (Fsp3) is 0.562. The standard InChI is InChI=1S/C16H23N7O2/c1-17-16(25)10-3-5-11(6-4-10)22-12(24)7-23(2)15-13-14(19-8-18-13)20-9-21-15/h8-11H,3-7H2,1-2H3,(H,17,25)(H,22,24)(H,18,19,20,21). The number of anilines is 1. The van der Waals surface area contributed by atoms with Crippen LogP contribution in [0.5, 0.6) is 0 Å². The van der Waals surface area contributed by atoms with E-state index in [2.05, 4.69) is 30.6 Å². The SMILES string of the molecule is CNC(=O)C1CCC(NC(=O)CN(C)c2ncnc3nc[nH]c23)CC1. The Kier molecular flexibility index (Phi) is 5.11. The molecule has 0 bridgehead atoms. The molecule has 1 saturated carbocycles. The first-order chi connectivity index (χ1) is 12.1. The summed E-state index contributed by atoms with van der Waals surface area (Å²) < 4.78 is 0. The molecule has 0 atom stereocenters. The van der Waals surface area contributed by atoms with Gasteiger partial charge in [-0.2, -0.15) is 0 Å². The molecule has 1 aliphatic carbocycles. The van der Waals surface area contributed by atoms with Gasteiger partial charge in [-0.25, -0.2) is 15.0 Å². The maximum Gasteiger partial charge on any atom is 0.239 e. The van der Waals surface area contributed by atoms with Crippen LogP contribution in [0.25, 0.3) is 11.2 Å². The van der Waals surface area contributed by atoms with Gasteiger partial charge in [0.25, 0.3) is 0 Å². The van der Waals surface area contributed by atoms with Crippen LogP contribution in [0.2, 0.25) is 0 Å². The number of hydrogen-bond donors (Lipinski definition) is 3. The molecular weight excluding hydrogens is 322 g/mol. The second kappa shape index (κ2) is 7.45. The van der Waals surface area contributed by atoms with E-state index < -0.39 is 0 Å². The Labute approximate surface area is 145 Å². The lowest BCUT2D eigenvalue weighted by molar-refractivity contribution is -0.125. The summed E-state index contributed by atoms with van der Waals surface area (Å²) in [7, 11) is 3.47. The van der Waals surface area contributed by atoms with Crippen LogP contribution >= 0.6 is 0 Å². The first-order valence-corrected chi connectivity index (χ1v) is 8.44. The summed E-state index contributed by atoms with van der Waals surface area (Å²) in [5.74, 6) is 0.741. The number of carbonyl (C=O) groups is 2. The first kappa shape index (κ1) is 17.1. The van der Waals surface area contributed by atoms with E-state index in [-0.39, 0.29) is 30.3 Å². The van der Waals surface area contributed by atoms with Crippen molar-refractivity contribution >= 4 is 28.8 Å². The lowest BCUT2D eigenvalue weighted by Crippen LogP contribution is -2.44. The van der Waals surface area contributed by atoms with Gasteiger partial charge < -0.3 is 20.5 Å². The molecule has 0 saturated heterocycles. The van der Waals surface area contributed by atoms with Crippen LogP contribution in [0.1, 0.15) is 25.7 Å². The molecule has 2 amide bonds. The Bertz CT molecular complexity index is 752. The van der Waals surface area contributed by atoms with Crippen LogP contribution in [-0.4, -0.2) is 58.4 Å². The number of carbonyl (C=O) groups excluding carboxylic acids is 2. The molecule has 3 rings (SSSR count). The molecule has 1 aliphatic rings. The van der Waals surface area contributed by atoms with Crippen LogP contribution in [0.4, 0.5) is 5.82 Å². The average Bonchev–Trinajstić information content (AvgIpc) is 3.10. The third-order valence-electron chi connectivity index (χ3n) is 4.65. The number of fused-ring (bicyclic) bond motifs is 1. The molecule has 0 spiro atoms. The van der Waals surface area contributed by atoms with E-state index in [9.17, 15) is 9.59 Å². The maximum atomic E-state index is 12.3. The molecule has 0 aromatic carbocycles. The van der Waals surface area contributed by atoms with Gasteiger partial charge in [-0.05, 0) is 25.7 Å². The summed E-state index contributed by atoms with van der Waals surface area (Å²) in [6.45, 7) is 0.195. The number of hydrogen-bond acceptors (Lipinski definition) is 6. The van der Waals surface area contributed by atoms with Crippen LogP contribution < -0.4 is 15.5 Å². The number of rotatable bonds is 5. The normalized spacial score (nSPS) is 20.2. The molecule has 0 aliphatic heterocycles. The highest BCUT2D eigenvalue weighted by atomic mass is 16.2. The molecule has 2 aromatic rings. The van der Waals surface area contributed by atoms with E-state index in [0.717, 1.165) is 25.7 Å². The number of nitrogens with zero attached hydrogens (tertiary/aromatic N) is 4. The number of aromatic amines is 1. The van der Waals surface area contributed by atoms with Crippen LogP contribution in [0.3, 0.4) is 0 Å². The minimum atomic E-state index is -0.0582. The lowest BCUT2D eigenvalue weighted by Gasteiger charge is -2.28. The van der Waals surface area contributed by atoms with Crippen molar-refractivity contribution in [2.45, 2.75) is 31.7 Å². The van der Waals surface area contributed by atoms with Crippen molar-refractivity contribution in [3.05, 3.63) is 12.7 Å².